The molecule has 7 nitrogen and oxygen atoms in total. The molecular formula is C20H28N4O3. The minimum Gasteiger partial charge on any atom is -0.361 e. The summed E-state index contributed by atoms with van der Waals surface area (Å²) in [6.45, 7) is 8.44. The van der Waals surface area contributed by atoms with Gasteiger partial charge in [-0.05, 0) is 64.3 Å². The molecule has 1 amide bonds. The maximum Gasteiger partial charge on any atom is 0.263 e. The molecule has 1 fully saturated rings. The van der Waals surface area contributed by atoms with Crippen LogP contribution in [0.3, 0.4) is 0 Å². The highest BCUT2D eigenvalue weighted by atomic mass is 16.5. The molecule has 1 saturated heterocycles. The van der Waals surface area contributed by atoms with Gasteiger partial charge in [-0.3, -0.25) is 9.59 Å². The molecule has 27 heavy (non-hydrogen) atoms. The van der Waals surface area contributed by atoms with E-state index in [-0.39, 0.29) is 17.0 Å². The number of amides is 1. The molecule has 0 bridgehead atoms. The molecule has 7 heteroatoms. The van der Waals surface area contributed by atoms with Gasteiger partial charge in [-0.1, -0.05) is 5.16 Å². The average molecular weight is 372 g/mol. The van der Waals surface area contributed by atoms with E-state index >= 15 is 0 Å². The maximum absolute atomic E-state index is 13.0. The monoisotopic (exact) mass is 372 g/mol. The second-order valence-corrected chi connectivity index (χ2v) is 7.51. The average Bonchev–Trinajstić information content (AvgIpc) is 2.97. The molecule has 3 rings (SSSR count). The number of hydrogen-bond acceptors (Lipinski definition) is 5. The standard InChI is InChI=1S/C20H28N4O3/c1-13-7-9-24(11-16-6-5-8-21-10-16)20(26)18(13)19(25)23(4)12-17-14(2)22-27-15(17)3/h7,9,16,21H,5-6,8,10-12H2,1-4H3. The highest BCUT2D eigenvalue weighted by molar-refractivity contribution is 5.95. The Hall–Kier alpha value is -2.41. The number of piperidine rings is 1. The van der Waals surface area contributed by atoms with Crippen LogP contribution in [0.5, 0.6) is 0 Å². The predicted octanol–water partition coefficient (Wildman–Crippen LogP) is 2.03. The zero-order chi connectivity index (χ0) is 19.6. The minimum absolute atomic E-state index is 0.212. The van der Waals surface area contributed by atoms with E-state index in [1.807, 2.05) is 26.8 Å². The van der Waals surface area contributed by atoms with Crippen molar-refractivity contribution in [2.75, 3.05) is 20.1 Å². The second-order valence-electron chi connectivity index (χ2n) is 7.51. The molecule has 1 atom stereocenters. The molecule has 0 aromatic carbocycles. The first-order chi connectivity index (χ1) is 12.9. The van der Waals surface area contributed by atoms with Crippen molar-refractivity contribution in [2.45, 2.75) is 46.7 Å². The van der Waals surface area contributed by atoms with Crippen LogP contribution in [0.2, 0.25) is 0 Å². The number of rotatable bonds is 5. The van der Waals surface area contributed by atoms with E-state index in [0.29, 0.717) is 30.3 Å². The molecular weight excluding hydrogens is 344 g/mol. The molecule has 0 spiro atoms. The van der Waals surface area contributed by atoms with Gasteiger partial charge in [0.25, 0.3) is 11.5 Å². The molecule has 1 N–H and O–H groups in total. The minimum atomic E-state index is -0.270. The molecule has 1 aliphatic rings. The Labute approximate surface area is 159 Å². The molecule has 146 valence electrons. The number of nitrogens with zero attached hydrogens (tertiary/aromatic N) is 3. The van der Waals surface area contributed by atoms with Gasteiger partial charge >= 0.3 is 0 Å². The molecule has 0 aliphatic carbocycles. The summed E-state index contributed by atoms with van der Waals surface area (Å²) >= 11 is 0. The Morgan fingerprint density at radius 2 is 2.19 bits per heavy atom. The highest BCUT2D eigenvalue weighted by Gasteiger charge is 2.23. The van der Waals surface area contributed by atoms with E-state index in [9.17, 15) is 9.59 Å². The number of carbonyl (C=O) groups is 1. The van der Waals surface area contributed by atoms with E-state index in [0.717, 1.165) is 37.2 Å². The normalized spacial score (nSPS) is 17.1. The van der Waals surface area contributed by atoms with Crippen LogP contribution in [0.25, 0.3) is 0 Å². The van der Waals surface area contributed by atoms with Gasteiger partial charge in [-0.25, -0.2) is 0 Å². The van der Waals surface area contributed by atoms with Crippen molar-refractivity contribution in [3.63, 3.8) is 0 Å². The van der Waals surface area contributed by atoms with Gasteiger partial charge in [-0.2, -0.15) is 0 Å². The third kappa shape index (κ3) is 4.13. The largest absolute Gasteiger partial charge is 0.361 e. The first kappa shape index (κ1) is 19.4. The molecule has 0 saturated carbocycles. The lowest BCUT2D eigenvalue weighted by atomic mass is 9.99. The lowest BCUT2D eigenvalue weighted by molar-refractivity contribution is 0.0781. The number of hydrogen-bond donors (Lipinski definition) is 1. The highest BCUT2D eigenvalue weighted by Crippen LogP contribution is 2.17. The third-order valence-corrected chi connectivity index (χ3v) is 5.36. The number of nitrogens with one attached hydrogen (secondary N) is 1. The fourth-order valence-corrected chi connectivity index (χ4v) is 3.65. The molecule has 1 unspecified atom stereocenters. The molecule has 1 aliphatic heterocycles. The van der Waals surface area contributed by atoms with Gasteiger partial charge in [-0.15, -0.1) is 0 Å². The zero-order valence-corrected chi connectivity index (χ0v) is 16.5. The van der Waals surface area contributed by atoms with Crippen LogP contribution in [0, 0.1) is 26.7 Å². The van der Waals surface area contributed by atoms with Crippen LogP contribution in [-0.2, 0) is 13.1 Å². The first-order valence-electron chi connectivity index (χ1n) is 9.46. The van der Waals surface area contributed by atoms with E-state index in [1.165, 1.54) is 0 Å². The number of carbonyl (C=O) groups excluding carboxylic acids is 1. The van der Waals surface area contributed by atoms with Crippen LogP contribution >= 0.6 is 0 Å². The quantitative estimate of drug-likeness (QED) is 0.869. The van der Waals surface area contributed by atoms with Crippen LogP contribution in [0.15, 0.2) is 21.6 Å². The molecule has 3 heterocycles. The summed E-state index contributed by atoms with van der Waals surface area (Å²) in [4.78, 5) is 27.6. The predicted molar refractivity (Wildman–Crippen MR) is 103 cm³/mol. The van der Waals surface area contributed by atoms with Crippen LogP contribution in [0.4, 0.5) is 0 Å². The Bertz CT molecular complexity index is 858. The fraction of sp³-hybridized carbons (Fsp3) is 0.550. The van der Waals surface area contributed by atoms with Crippen molar-refractivity contribution in [1.82, 2.24) is 19.9 Å². The van der Waals surface area contributed by atoms with Crippen molar-refractivity contribution >= 4 is 5.91 Å². The van der Waals surface area contributed by atoms with E-state index in [2.05, 4.69) is 10.5 Å². The van der Waals surface area contributed by atoms with Gasteiger partial charge in [0.2, 0.25) is 0 Å². The van der Waals surface area contributed by atoms with Crippen molar-refractivity contribution in [1.29, 1.82) is 0 Å². The Morgan fingerprint density at radius 1 is 1.41 bits per heavy atom. The smallest absolute Gasteiger partial charge is 0.263 e. The summed E-state index contributed by atoms with van der Waals surface area (Å²) in [5.41, 5.74) is 2.38. The third-order valence-electron chi connectivity index (χ3n) is 5.36. The van der Waals surface area contributed by atoms with Gasteiger partial charge in [0, 0.05) is 25.4 Å². The van der Waals surface area contributed by atoms with Gasteiger partial charge in [0.15, 0.2) is 0 Å². The topological polar surface area (TPSA) is 80.4 Å². The molecule has 2 aromatic rings. The first-order valence-corrected chi connectivity index (χ1v) is 9.46. The lowest BCUT2D eigenvalue weighted by Crippen LogP contribution is -2.38. The number of pyridine rings is 1. The zero-order valence-electron chi connectivity index (χ0n) is 16.5. The van der Waals surface area contributed by atoms with Crippen LogP contribution in [0.1, 0.15) is 45.8 Å². The van der Waals surface area contributed by atoms with Crippen molar-refractivity contribution in [2.24, 2.45) is 5.92 Å². The maximum atomic E-state index is 13.0. The molecule has 0 radical (unpaired) electrons. The Morgan fingerprint density at radius 3 is 2.81 bits per heavy atom. The van der Waals surface area contributed by atoms with E-state index in [1.54, 1.807) is 22.7 Å². The van der Waals surface area contributed by atoms with Gasteiger partial charge in [0.1, 0.15) is 11.3 Å². The summed E-state index contributed by atoms with van der Waals surface area (Å²) in [5.74, 6) is 0.843. The van der Waals surface area contributed by atoms with Crippen molar-refractivity contribution in [3.8, 4) is 0 Å². The summed E-state index contributed by atoms with van der Waals surface area (Å²) in [6, 6.07) is 1.86. The summed E-state index contributed by atoms with van der Waals surface area (Å²) in [6.07, 6.45) is 4.02. The molecule has 2 aromatic heterocycles. The van der Waals surface area contributed by atoms with Gasteiger partial charge in [0.05, 0.1) is 12.2 Å². The summed E-state index contributed by atoms with van der Waals surface area (Å²) < 4.78 is 6.86. The summed E-state index contributed by atoms with van der Waals surface area (Å²) in [5, 5.41) is 7.30. The van der Waals surface area contributed by atoms with Gasteiger partial charge < -0.3 is 19.3 Å². The SMILES string of the molecule is Cc1ccn(CC2CCCNC2)c(=O)c1C(=O)N(C)Cc1c(C)noc1C. The second kappa shape index (κ2) is 8.08. The fourth-order valence-electron chi connectivity index (χ4n) is 3.65. The lowest BCUT2D eigenvalue weighted by Gasteiger charge is -2.24. The Kier molecular flexibility index (Phi) is 5.79. The van der Waals surface area contributed by atoms with Crippen molar-refractivity contribution in [3.05, 3.63) is 50.8 Å². The van der Waals surface area contributed by atoms with Crippen LogP contribution < -0.4 is 10.9 Å². The Balaban J connectivity index is 1.83. The summed E-state index contributed by atoms with van der Waals surface area (Å²) in [7, 11) is 1.70. The van der Waals surface area contributed by atoms with E-state index in [4.69, 9.17) is 4.52 Å². The van der Waals surface area contributed by atoms with Crippen molar-refractivity contribution < 1.29 is 9.32 Å². The van der Waals surface area contributed by atoms with Crippen LogP contribution in [-0.4, -0.2) is 40.7 Å². The number of aryl methyl sites for hydroxylation is 3. The van der Waals surface area contributed by atoms with E-state index < -0.39 is 0 Å². The number of aromatic nitrogens is 2.